The third-order valence-electron chi connectivity index (χ3n) is 5.43. The van der Waals surface area contributed by atoms with Crippen LogP contribution in [0.3, 0.4) is 0 Å². The number of nitrogens with one attached hydrogen (secondary N) is 1. The lowest BCUT2D eigenvalue weighted by Crippen LogP contribution is -2.14. The van der Waals surface area contributed by atoms with Gasteiger partial charge in [-0.15, -0.1) is 0 Å². The number of nitrogens with zero attached hydrogens (tertiary/aromatic N) is 5. The highest BCUT2D eigenvalue weighted by molar-refractivity contribution is 7.99. The molecule has 0 aliphatic heterocycles. The van der Waals surface area contributed by atoms with Gasteiger partial charge in [-0.3, -0.25) is 9.48 Å². The Labute approximate surface area is 184 Å². The van der Waals surface area contributed by atoms with E-state index in [1.54, 1.807) is 23.1 Å². The molecule has 3 aromatic heterocycles. The zero-order valence-corrected chi connectivity index (χ0v) is 18.4. The van der Waals surface area contributed by atoms with Crippen molar-refractivity contribution >= 4 is 34.4 Å². The van der Waals surface area contributed by atoms with Gasteiger partial charge in [0.2, 0.25) is 0 Å². The van der Waals surface area contributed by atoms with E-state index in [1.165, 1.54) is 11.8 Å². The maximum absolute atomic E-state index is 13.3. The lowest BCUT2D eigenvalue weighted by Gasteiger charge is -2.12. The van der Waals surface area contributed by atoms with Crippen molar-refractivity contribution in [3.8, 4) is 0 Å². The van der Waals surface area contributed by atoms with E-state index in [0.29, 0.717) is 16.6 Å². The molecule has 0 radical (unpaired) electrons. The smallest absolute Gasteiger partial charge is 0.256 e. The lowest BCUT2D eigenvalue weighted by atomic mass is 10.1. The molecule has 1 aliphatic carbocycles. The van der Waals surface area contributed by atoms with Crippen LogP contribution in [0.25, 0.3) is 11.0 Å². The van der Waals surface area contributed by atoms with Gasteiger partial charge in [0.15, 0.2) is 10.8 Å². The molecule has 0 saturated heterocycles. The number of aryl methyl sites for hydroxylation is 3. The number of pyridine rings is 1. The Morgan fingerprint density at radius 1 is 1.16 bits per heavy atom. The van der Waals surface area contributed by atoms with E-state index in [4.69, 9.17) is 4.98 Å². The minimum absolute atomic E-state index is 0.139. The van der Waals surface area contributed by atoms with Crippen LogP contribution in [0.5, 0.6) is 0 Å². The first kappa shape index (κ1) is 19.7. The number of hydrogen-bond donors (Lipinski definition) is 1. The summed E-state index contributed by atoms with van der Waals surface area (Å²) in [6, 6.07) is 9.66. The molecule has 1 amide bonds. The number of hydrogen-bond acceptors (Lipinski definition) is 6. The molecule has 1 aliphatic rings. The number of carbonyl (C=O) groups excluding carboxylic acids is 1. The third kappa shape index (κ3) is 3.90. The van der Waals surface area contributed by atoms with Crippen molar-refractivity contribution < 1.29 is 4.79 Å². The van der Waals surface area contributed by atoms with E-state index >= 15 is 0 Å². The number of carbonyl (C=O) groups is 1. The van der Waals surface area contributed by atoms with Gasteiger partial charge in [0.1, 0.15) is 0 Å². The average molecular weight is 431 g/mol. The average Bonchev–Trinajstić information content (AvgIpc) is 3.56. The summed E-state index contributed by atoms with van der Waals surface area (Å²) in [4.78, 5) is 27.6. The number of anilines is 1. The molecule has 1 saturated carbocycles. The van der Waals surface area contributed by atoms with Crippen LogP contribution in [0.4, 0.5) is 5.69 Å². The fourth-order valence-electron chi connectivity index (χ4n) is 3.70. The predicted molar refractivity (Wildman–Crippen MR) is 121 cm³/mol. The predicted octanol–water partition coefficient (Wildman–Crippen LogP) is 4.66. The Hall–Kier alpha value is -3.26. The molecule has 0 spiro atoms. The van der Waals surface area contributed by atoms with Gasteiger partial charge < -0.3 is 5.32 Å². The maximum atomic E-state index is 13.3. The summed E-state index contributed by atoms with van der Waals surface area (Å²) < 4.78 is 1.76. The summed E-state index contributed by atoms with van der Waals surface area (Å²) >= 11 is 1.49. The van der Waals surface area contributed by atoms with E-state index in [2.05, 4.69) is 20.4 Å². The monoisotopic (exact) mass is 430 g/mol. The van der Waals surface area contributed by atoms with E-state index in [9.17, 15) is 4.79 Å². The highest BCUT2D eigenvalue weighted by Gasteiger charge is 2.28. The molecule has 0 atom stereocenters. The van der Waals surface area contributed by atoms with Crippen LogP contribution in [0.1, 0.15) is 46.1 Å². The Morgan fingerprint density at radius 2 is 1.94 bits per heavy atom. The van der Waals surface area contributed by atoms with Gasteiger partial charge in [-0.1, -0.05) is 0 Å². The Morgan fingerprint density at radius 3 is 2.65 bits per heavy atom. The summed E-state index contributed by atoms with van der Waals surface area (Å²) in [5, 5.41) is 9.09. The minimum Gasteiger partial charge on any atom is -0.322 e. The molecular weight excluding hydrogens is 408 g/mol. The number of benzene rings is 1. The molecule has 7 nitrogen and oxygen atoms in total. The second-order valence-corrected chi connectivity index (χ2v) is 8.88. The largest absolute Gasteiger partial charge is 0.322 e. The molecule has 8 heteroatoms. The topological polar surface area (TPSA) is 85.6 Å². The van der Waals surface area contributed by atoms with E-state index in [1.807, 2.05) is 45.2 Å². The highest BCUT2D eigenvalue weighted by Crippen LogP contribution is 2.40. The van der Waals surface area contributed by atoms with Crippen LogP contribution in [-0.4, -0.2) is 30.6 Å². The molecule has 1 aromatic carbocycles. The summed E-state index contributed by atoms with van der Waals surface area (Å²) in [6.07, 6.45) is 5.70. The van der Waals surface area contributed by atoms with Gasteiger partial charge >= 0.3 is 0 Å². The van der Waals surface area contributed by atoms with Crippen LogP contribution < -0.4 is 5.32 Å². The molecule has 1 fully saturated rings. The zero-order valence-electron chi connectivity index (χ0n) is 17.6. The standard InChI is InChI=1S/C23H22N6OS/c1-13-11-16(31-23-24-9-4-10-25-23)7-8-18(13)27-22(30)17-12-19(15-5-6-15)26-21-20(17)14(2)28-29(21)3/h4,7-12,15H,5-6H2,1-3H3,(H,27,30). The zero-order chi connectivity index (χ0) is 21.5. The van der Waals surface area contributed by atoms with Crippen LogP contribution in [0, 0.1) is 13.8 Å². The Balaban J connectivity index is 1.44. The van der Waals surface area contributed by atoms with Gasteiger partial charge in [-0.25, -0.2) is 15.0 Å². The molecule has 4 aromatic rings. The quantitative estimate of drug-likeness (QED) is 0.464. The SMILES string of the molecule is Cc1cc(Sc2ncccn2)ccc1NC(=O)c1cc(C2CC2)nc2c1c(C)nn2C. The summed E-state index contributed by atoms with van der Waals surface area (Å²) in [5.74, 6) is 0.310. The maximum Gasteiger partial charge on any atom is 0.256 e. The summed E-state index contributed by atoms with van der Waals surface area (Å²) in [7, 11) is 1.87. The lowest BCUT2D eigenvalue weighted by molar-refractivity contribution is 0.102. The summed E-state index contributed by atoms with van der Waals surface area (Å²) in [5.41, 5.74) is 4.94. The molecular formula is C23H22N6OS. The molecule has 0 unspecified atom stereocenters. The first-order valence-corrected chi connectivity index (χ1v) is 11.0. The van der Waals surface area contributed by atoms with E-state index in [-0.39, 0.29) is 5.91 Å². The summed E-state index contributed by atoms with van der Waals surface area (Å²) in [6.45, 7) is 3.90. The van der Waals surface area contributed by atoms with Crippen molar-refractivity contribution in [1.29, 1.82) is 0 Å². The van der Waals surface area contributed by atoms with Crippen molar-refractivity contribution in [1.82, 2.24) is 24.7 Å². The van der Waals surface area contributed by atoms with Crippen molar-refractivity contribution in [2.45, 2.75) is 42.7 Å². The van der Waals surface area contributed by atoms with Crippen molar-refractivity contribution in [2.24, 2.45) is 7.05 Å². The fourth-order valence-corrected chi connectivity index (χ4v) is 4.51. The highest BCUT2D eigenvalue weighted by atomic mass is 32.2. The van der Waals surface area contributed by atoms with E-state index in [0.717, 1.165) is 51.4 Å². The third-order valence-corrected chi connectivity index (χ3v) is 6.31. The fraction of sp³-hybridized carbons (Fsp3) is 0.261. The van der Waals surface area contributed by atoms with Crippen molar-refractivity contribution in [3.05, 3.63) is 65.2 Å². The van der Waals surface area contributed by atoms with Crippen LogP contribution in [0.15, 0.2) is 52.8 Å². The first-order valence-electron chi connectivity index (χ1n) is 10.2. The van der Waals surface area contributed by atoms with Gasteiger partial charge in [0.05, 0.1) is 16.6 Å². The molecule has 3 heterocycles. The van der Waals surface area contributed by atoms with Crippen molar-refractivity contribution in [3.63, 3.8) is 0 Å². The number of amides is 1. The molecule has 1 N–H and O–H groups in total. The van der Waals surface area contributed by atoms with Gasteiger partial charge in [0, 0.05) is 41.6 Å². The molecule has 31 heavy (non-hydrogen) atoms. The van der Waals surface area contributed by atoms with Crippen molar-refractivity contribution in [2.75, 3.05) is 5.32 Å². The van der Waals surface area contributed by atoms with E-state index < -0.39 is 0 Å². The molecule has 0 bridgehead atoms. The number of fused-ring (bicyclic) bond motifs is 1. The Bertz CT molecular complexity index is 1300. The normalized spacial score (nSPS) is 13.5. The Kier molecular flexibility index (Phi) is 4.94. The van der Waals surface area contributed by atoms with Crippen LogP contribution >= 0.6 is 11.8 Å². The van der Waals surface area contributed by atoms with Gasteiger partial charge in [-0.2, -0.15) is 5.10 Å². The van der Waals surface area contributed by atoms with Gasteiger partial charge in [0.25, 0.3) is 5.91 Å². The first-order chi connectivity index (χ1) is 15.0. The van der Waals surface area contributed by atoms with Crippen LogP contribution in [0.2, 0.25) is 0 Å². The second-order valence-electron chi connectivity index (χ2n) is 7.84. The number of rotatable bonds is 5. The minimum atomic E-state index is -0.139. The van der Waals surface area contributed by atoms with Crippen LogP contribution in [-0.2, 0) is 7.05 Å². The van der Waals surface area contributed by atoms with Gasteiger partial charge in [-0.05, 0) is 74.3 Å². The molecule has 156 valence electrons. The number of aromatic nitrogens is 5. The second kappa shape index (κ2) is 7.77. The molecule has 5 rings (SSSR count).